The minimum atomic E-state index is -0.961. The van der Waals surface area contributed by atoms with E-state index in [0.717, 1.165) is 10.5 Å². The van der Waals surface area contributed by atoms with Crippen LogP contribution < -0.4 is 47.3 Å². The van der Waals surface area contributed by atoms with Gasteiger partial charge in [0.2, 0.25) is 29.5 Å². The van der Waals surface area contributed by atoms with Crippen LogP contribution in [0.1, 0.15) is 80.7 Å². The summed E-state index contributed by atoms with van der Waals surface area (Å²) in [5, 5.41) is 14.0. The lowest BCUT2D eigenvalue weighted by Gasteiger charge is -2.31. The number of aryl methyl sites for hydroxylation is 1. The van der Waals surface area contributed by atoms with E-state index < -0.39 is 34.5 Å². The van der Waals surface area contributed by atoms with Crippen molar-refractivity contribution in [2.45, 2.75) is 82.1 Å². The zero-order valence-electron chi connectivity index (χ0n) is 41.5. The zero-order chi connectivity index (χ0) is 50.8. The summed E-state index contributed by atoms with van der Waals surface area (Å²) in [4.78, 5) is 104. The molecule has 65 heavy (non-hydrogen) atoms. The van der Waals surface area contributed by atoms with Gasteiger partial charge in [-0.3, -0.25) is 48.6 Å². The summed E-state index contributed by atoms with van der Waals surface area (Å²) >= 11 is 0. The largest absolute Gasteiger partial charge is 0.484 e. The molecule has 0 aliphatic heterocycles. The van der Waals surface area contributed by atoms with Gasteiger partial charge in [-0.1, -0.05) is 55.4 Å². The van der Waals surface area contributed by atoms with E-state index >= 15 is 0 Å². The molecule has 0 aromatic heterocycles. The van der Waals surface area contributed by atoms with Gasteiger partial charge in [0, 0.05) is 65.3 Å². The lowest BCUT2D eigenvalue weighted by Crippen LogP contribution is -2.50. The number of ether oxygens (including phenoxy) is 3. The van der Waals surface area contributed by atoms with Crippen molar-refractivity contribution in [1.29, 1.82) is 0 Å². The van der Waals surface area contributed by atoms with E-state index in [0.29, 0.717) is 31.1 Å². The predicted molar refractivity (Wildman–Crippen MR) is 247 cm³/mol. The van der Waals surface area contributed by atoms with Gasteiger partial charge in [-0.2, -0.15) is 5.06 Å². The van der Waals surface area contributed by atoms with Gasteiger partial charge < -0.3 is 50.6 Å². The Labute approximate surface area is 386 Å². The van der Waals surface area contributed by atoms with Crippen LogP contribution in [-0.4, -0.2) is 163 Å². The number of nitrogens with zero attached hydrogens (tertiary/aromatic N) is 3. The molecular formula is C43H80N10O12. The number of likely N-dealkylation sites (N-methyl/N-ethyl adjacent to an activating group) is 4. The van der Waals surface area contributed by atoms with Crippen molar-refractivity contribution in [2.75, 3.05) is 101 Å². The molecule has 0 aliphatic carbocycles. The van der Waals surface area contributed by atoms with Gasteiger partial charge in [0.25, 0.3) is 17.7 Å². The first-order chi connectivity index (χ1) is 30.6. The summed E-state index contributed by atoms with van der Waals surface area (Å²) in [7, 11) is 7.58. The monoisotopic (exact) mass is 929 g/mol. The van der Waals surface area contributed by atoms with Gasteiger partial charge in [0.15, 0.2) is 13.2 Å². The highest BCUT2D eigenvalue weighted by molar-refractivity contribution is 5.92. The van der Waals surface area contributed by atoms with E-state index in [9.17, 15) is 38.4 Å². The Hall–Kier alpha value is -5.58. The molecule has 1 aromatic carbocycles. The van der Waals surface area contributed by atoms with Crippen LogP contribution in [0, 0.1) is 17.8 Å². The first kappa shape index (κ1) is 63.7. The molecule has 0 fully saturated rings. The van der Waals surface area contributed by atoms with Crippen molar-refractivity contribution in [2.24, 2.45) is 16.7 Å². The van der Waals surface area contributed by atoms with Crippen molar-refractivity contribution >= 4 is 47.3 Å². The summed E-state index contributed by atoms with van der Waals surface area (Å²) in [5.74, 6) is 3.01. The highest BCUT2D eigenvalue weighted by atomic mass is 16.7. The molecule has 0 atom stereocenters. The van der Waals surface area contributed by atoms with Gasteiger partial charge in [0.1, 0.15) is 37.7 Å². The molecule has 22 nitrogen and oxygen atoms in total. The van der Waals surface area contributed by atoms with E-state index in [2.05, 4.69) is 26.6 Å². The Bertz CT molecular complexity index is 1570. The van der Waals surface area contributed by atoms with Crippen LogP contribution in [0.5, 0.6) is 11.5 Å². The van der Waals surface area contributed by atoms with E-state index in [-0.39, 0.29) is 82.7 Å². The topological polar surface area (TPSA) is 281 Å². The number of amides is 8. The van der Waals surface area contributed by atoms with E-state index in [1.54, 1.807) is 60.1 Å². The van der Waals surface area contributed by atoms with Crippen molar-refractivity contribution < 1.29 is 57.4 Å². The zero-order valence-corrected chi connectivity index (χ0v) is 41.5. The summed E-state index contributed by atoms with van der Waals surface area (Å²) in [6.45, 7) is 18.3. The number of carbonyl (C=O) groups excluding carboxylic acids is 8. The van der Waals surface area contributed by atoms with E-state index in [1.165, 1.54) is 31.1 Å². The molecule has 8 N–H and O–H groups in total. The Balaban J connectivity index is -0.00000134. The number of benzene rings is 1. The molecule has 0 radical (unpaired) electrons. The second kappa shape index (κ2) is 35.7. The summed E-state index contributed by atoms with van der Waals surface area (Å²) in [5.41, 5.74) is 1.13. The molecule has 0 unspecified atom stereocenters. The lowest BCUT2D eigenvalue weighted by molar-refractivity contribution is -0.161. The molecule has 22 heteroatoms. The summed E-state index contributed by atoms with van der Waals surface area (Å²) in [6.07, 6.45) is 0.778. The molecule has 0 aliphatic rings. The highest BCUT2D eigenvalue weighted by Crippen LogP contribution is 2.25. The molecule has 0 heterocycles. The standard InChI is InChI=1S/C26H43N7O8.C13H25N3O4.2C2H6/c1-7-29-23(36)15-39-19-10-18(2)11-20(12-19)40-16-24(37)30-17-32(6)41-9-8-26(3,4)25(38)33(13-21(34)28-5)14-22(35)31-27;1-13(2,6-7-20-5)12(19)16(8-10(17)14-3)9-11(18)15-4;2*1-2/h10-12H,7-9,13-17,27H2,1-6H3,(H,28,34)(H,29,36)(H,30,37)(H,31,35);6-9H2,1-5H3,(H,14,17)(H,15,18);2*1-2H3. The third-order valence-corrected chi connectivity index (χ3v) is 8.67. The first-order valence-corrected chi connectivity index (χ1v) is 21.5. The van der Waals surface area contributed by atoms with Crippen LogP contribution in [0.2, 0.25) is 0 Å². The summed E-state index contributed by atoms with van der Waals surface area (Å²) < 4.78 is 16.0. The number of methoxy groups -OCH3 is 1. The van der Waals surface area contributed by atoms with Gasteiger partial charge in [-0.15, -0.1) is 0 Å². The van der Waals surface area contributed by atoms with Crippen LogP contribution >= 0.6 is 0 Å². The molecule has 0 bridgehead atoms. The smallest absolute Gasteiger partial charge is 0.259 e. The van der Waals surface area contributed by atoms with Gasteiger partial charge in [-0.25, -0.2) is 5.84 Å². The lowest BCUT2D eigenvalue weighted by atomic mass is 9.88. The maximum atomic E-state index is 13.0. The first-order valence-electron chi connectivity index (χ1n) is 21.5. The van der Waals surface area contributed by atoms with Gasteiger partial charge >= 0.3 is 0 Å². The fourth-order valence-corrected chi connectivity index (χ4v) is 4.98. The number of hydrogen-bond acceptors (Lipinski definition) is 14. The highest BCUT2D eigenvalue weighted by Gasteiger charge is 2.35. The number of hydroxylamine groups is 2. The second-order valence-corrected chi connectivity index (χ2v) is 14.9. The van der Waals surface area contributed by atoms with Crippen LogP contribution in [0.3, 0.4) is 0 Å². The van der Waals surface area contributed by atoms with Crippen LogP contribution in [0.4, 0.5) is 0 Å². The molecule has 0 saturated heterocycles. The molecule has 8 amide bonds. The average Bonchev–Trinajstić information content (AvgIpc) is 3.28. The Morgan fingerprint density at radius 3 is 1.37 bits per heavy atom. The Kier molecular flexibility index (Phi) is 35.0. The van der Waals surface area contributed by atoms with Gasteiger partial charge in [0.05, 0.1) is 13.3 Å². The molecule has 1 rings (SSSR count). The van der Waals surface area contributed by atoms with Crippen molar-refractivity contribution in [1.82, 2.24) is 46.9 Å². The maximum absolute atomic E-state index is 13.0. The van der Waals surface area contributed by atoms with Crippen molar-refractivity contribution in [3.05, 3.63) is 23.8 Å². The molecule has 1 aromatic rings. The average molecular weight is 929 g/mol. The van der Waals surface area contributed by atoms with Crippen LogP contribution in [0.25, 0.3) is 0 Å². The van der Waals surface area contributed by atoms with Crippen LogP contribution in [-0.2, 0) is 47.9 Å². The normalized spacial score (nSPS) is 10.4. The third-order valence-electron chi connectivity index (χ3n) is 8.67. The minimum absolute atomic E-state index is 0.0464. The number of nitrogens with two attached hydrogens (primary N) is 1. The van der Waals surface area contributed by atoms with Gasteiger partial charge in [-0.05, 0) is 44.4 Å². The van der Waals surface area contributed by atoms with E-state index in [4.69, 9.17) is 24.9 Å². The number of hydrazine groups is 1. The predicted octanol–water partition coefficient (Wildman–Crippen LogP) is 0.229. The number of hydrogen-bond donors (Lipinski definition) is 7. The molecule has 374 valence electrons. The molecule has 0 saturated carbocycles. The third kappa shape index (κ3) is 28.8. The number of rotatable bonds is 26. The molecular weight excluding hydrogens is 849 g/mol. The quantitative estimate of drug-likeness (QED) is 0.0284. The van der Waals surface area contributed by atoms with Crippen molar-refractivity contribution in [3.8, 4) is 11.5 Å². The summed E-state index contributed by atoms with van der Waals surface area (Å²) in [6, 6.07) is 5.09. The number of nitrogens with one attached hydrogen (secondary N) is 6. The van der Waals surface area contributed by atoms with E-state index in [1.807, 2.05) is 47.0 Å². The SMILES string of the molecule is CC.CC.CCNC(=O)COc1cc(C)cc(OCC(=O)NCN(C)OCCC(C)(C)C(=O)N(CC(=O)NC)CC(=O)NN)c1.CNC(=O)CN(CC(=O)NC)C(=O)C(C)(C)CCOC. The minimum Gasteiger partial charge on any atom is -0.484 e. The maximum Gasteiger partial charge on any atom is 0.259 e. The Morgan fingerprint density at radius 2 is 1.00 bits per heavy atom. The fraction of sp³-hybridized carbons (Fsp3) is 0.674. The van der Waals surface area contributed by atoms with Crippen LogP contribution in [0.15, 0.2) is 18.2 Å². The van der Waals surface area contributed by atoms with Crippen molar-refractivity contribution in [3.63, 3.8) is 0 Å². The Morgan fingerprint density at radius 1 is 0.615 bits per heavy atom. The number of carbonyl (C=O) groups is 8. The second-order valence-electron chi connectivity index (χ2n) is 14.9. The fourth-order valence-electron chi connectivity index (χ4n) is 4.98. The molecule has 0 spiro atoms.